The molecule has 2 aromatic heterocycles. The van der Waals surface area contributed by atoms with E-state index < -0.39 is 30.4 Å². The van der Waals surface area contributed by atoms with Gasteiger partial charge >= 0.3 is 6.09 Å². The predicted octanol–water partition coefficient (Wildman–Crippen LogP) is -1.07. The second-order valence-corrected chi connectivity index (χ2v) is 9.62. The summed E-state index contributed by atoms with van der Waals surface area (Å²) in [7, 11) is 0. The van der Waals surface area contributed by atoms with Gasteiger partial charge in [0.25, 0.3) is 5.91 Å². The molecule has 38 heavy (non-hydrogen) atoms. The van der Waals surface area contributed by atoms with Crippen LogP contribution in [0.5, 0.6) is 0 Å². The van der Waals surface area contributed by atoms with Crippen molar-refractivity contribution in [3.63, 3.8) is 0 Å². The molecule has 1 unspecified atom stereocenters. The van der Waals surface area contributed by atoms with Crippen molar-refractivity contribution in [2.45, 2.75) is 45.3 Å². The summed E-state index contributed by atoms with van der Waals surface area (Å²) in [5.41, 5.74) is 6.61. The fraction of sp³-hybridized carbons (Fsp3) is 0.625. The number of nitrogens with one attached hydrogen (secondary N) is 1. The number of anilines is 1. The minimum absolute atomic E-state index is 0.0971. The van der Waals surface area contributed by atoms with Crippen molar-refractivity contribution in [1.82, 2.24) is 34.6 Å². The van der Waals surface area contributed by atoms with Crippen LogP contribution in [0, 0.1) is 17.8 Å². The zero-order valence-corrected chi connectivity index (χ0v) is 21.7. The maximum absolute atomic E-state index is 12.2. The summed E-state index contributed by atoms with van der Waals surface area (Å²) in [5.74, 6) is 5.96. The molecule has 14 heteroatoms. The molecule has 0 saturated carbocycles. The molecule has 206 valence electrons. The standard InChI is InChI=1S/C24H34N8O6/c1-4-26-22(35)19-17(33)18(34)23(38-19)32-13-27-16-20(25)28-15(29-21(16)32)6-5-7-30-8-10-31(11-9-30)24(36)37-12-14(2)3/h13-14,17-19,23,33-34H,4,7-12H2,1-3H3,(H,26,35)(H2,25,28,29)/t17?,18-,19-,23+/m0/s1. The molecule has 4 atom stereocenters. The Morgan fingerprint density at radius 1 is 1.24 bits per heavy atom. The lowest BCUT2D eigenvalue weighted by atomic mass is 10.1. The van der Waals surface area contributed by atoms with Crippen LogP contribution in [0.3, 0.4) is 0 Å². The minimum atomic E-state index is -1.43. The number of amides is 2. The maximum atomic E-state index is 12.2. The van der Waals surface area contributed by atoms with Crippen molar-refractivity contribution >= 4 is 29.0 Å². The fourth-order valence-corrected chi connectivity index (χ4v) is 4.21. The number of carbonyl (C=O) groups is 2. The molecular formula is C24H34N8O6. The van der Waals surface area contributed by atoms with E-state index >= 15 is 0 Å². The first-order valence-electron chi connectivity index (χ1n) is 12.6. The van der Waals surface area contributed by atoms with Gasteiger partial charge < -0.3 is 35.6 Å². The van der Waals surface area contributed by atoms with E-state index in [0.717, 1.165) is 0 Å². The third kappa shape index (κ3) is 5.97. The number of hydrogen-bond donors (Lipinski definition) is 4. The van der Waals surface area contributed by atoms with Gasteiger partial charge in [-0.3, -0.25) is 14.3 Å². The Balaban J connectivity index is 1.42. The van der Waals surface area contributed by atoms with Crippen molar-refractivity contribution < 1.29 is 29.3 Å². The highest BCUT2D eigenvalue weighted by Gasteiger charge is 2.47. The highest BCUT2D eigenvalue weighted by Crippen LogP contribution is 2.32. The summed E-state index contributed by atoms with van der Waals surface area (Å²) in [6.45, 7) is 9.35. The van der Waals surface area contributed by atoms with Gasteiger partial charge in [-0.05, 0) is 18.8 Å². The smallest absolute Gasteiger partial charge is 0.409 e. The zero-order valence-electron chi connectivity index (χ0n) is 21.7. The first-order chi connectivity index (χ1) is 18.2. The minimum Gasteiger partial charge on any atom is -0.449 e. The van der Waals surface area contributed by atoms with Crippen LogP contribution in [0.1, 0.15) is 32.8 Å². The molecule has 0 aromatic carbocycles. The lowest BCUT2D eigenvalue weighted by Gasteiger charge is -2.33. The number of nitrogens with zero attached hydrogens (tertiary/aromatic N) is 6. The summed E-state index contributed by atoms with van der Waals surface area (Å²) in [6, 6.07) is 0. The predicted molar refractivity (Wildman–Crippen MR) is 135 cm³/mol. The zero-order chi connectivity index (χ0) is 27.4. The van der Waals surface area contributed by atoms with Crippen molar-refractivity contribution in [1.29, 1.82) is 0 Å². The average Bonchev–Trinajstić information content (AvgIpc) is 3.44. The van der Waals surface area contributed by atoms with Crippen molar-refractivity contribution in [2.75, 3.05) is 51.6 Å². The molecule has 2 saturated heterocycles. The van der Waals surface area contributed by atoms with Gasteiger partial charge in [-0.2, -0.15) is 0 Å². The van der Waals surface area contributed by atoms with E-state index in [9.17, 15) is 19.8 Å². The molecule has 5 N–H and O–H groups in total. The summed E-state index contributed by atoms with van der Waals surface area (Å²) in [5, 5.41) is 23.5. The molecular weight excluding hydrogens is 496 g/mol. The van der Waals surface area contributed by atoms with Gasteiger partial charge in [0.05, 0.1) is 19.5 Å². The fourth-order valence-electron chi connectivity index (χ4n) is 4.21. The van der Waals surface area contributed by atoms with E-state index in [1.165, 1.54) is 10.9 Å². The topological polar surface area (TPSA) is 181 Å². The van der Waals surface area contributed by atoms with Gasteiger partial charge in [0.15, 0.2) is 23.8 Å². The van der Waals surface area contributed by atoms with Crippen LogP contribution < -0.4 is 11.1 Å². The molecule has 4 rings (SSSR count). The highest BCUT2D eigenvalue weighted by molar-refractivity contribution is 5.83. The summed E-state index contributed by atoms with van der Waals surface area (Å²) in [6.07, 6.45) is -4.12. The molecule has 2 aliphatic heterocycles. The van der Waals surface area contributed by atoms with Crippen LogP contribution >= 0.6 is 0 Å². The van der Waals surface area contributed by atoms with Gasteiger partial charge in [0.2, 0.25) is 5.82 Å². The number of aromatic nitrogens is 4. The number of nitrogen functional groups attached to an aromatic ring is 1. The maximum Gasteiger partial charge on any atom is 0.409 e. The van der Waals surface area contributed by atoms with Crippen molar-refractivity contribution in [3.05, 3.63) is 12.2 Å². The number of piperazine rings is 1. The van der Waals surface area contributed by atoms with E-state index in [1.54, 1.807) is 11.8 Å². The number of imidazole rings is 1. The van der Waals surface area contributed by atoms with Crippen LogP contribution in [0.15, 0.2) is 6.33 Å². The summed E-state index contributed by atoms with van der Waals surface area (Å²) >= 11 is 0. The average molecular weight is 531 g/mol. The van der Waals surface area contributed by atoms with Crippen LogP contribution in [-0.2, 0) is 14.3 Å². The Bertz CT molecular complexity index is 1220. The van der Waals surface area contributed by atoms with Gasteiger partial charge in [-0.15, -0.1) is 0 Å². The van der Waals surface area contributed by atoms with E-state index in [0.29, 0.717) is 45.9 Å². The molecule has 0 bridgehead atoms. The first kappa shape index (κ1) is 27.5. The molecule has 14 nitrogen and oxygen atoms in total. The van der Waals surface area contributed by atoms with Crippen molar-refractivity contribution in [2.24, 2.45) is 5.92 Å². The molecule has 0 spiro atoms. The third-order valence-electron chi connectivity index (χ3n) is 6.24. The molecule has 0 aliphatic carbocycles. The Kier molecular flexibility index (Phi) is 8.62. The number of aliphatic hydroxyl groups excluding tert-OH is 2. The number of rotatable bonds is 6. The molecule has 2 aromatic rings. The lowest BCUT2D eigenvalue weighted by Crippen LogP contribution is -2.49. The number of fused-ring (bicyclic) bond motifs is 1. The molecule has 0 radical (unpaired) electrons. The van der Waals surface area contributed by atoms with E-state index in [1.807, 2.05) is 13.8 Å². The van der Waals surface area contributed by atoms with Crippen molar-refractivity contribution in [3.8, 4) is 11.8 Å². The monoisotopic (exact) mass is 530 g/mol. The molecule has 2 amide bonds. The Hall–Kier alpha value is -3.51. The second kappa shape index (κ2) is 11.9. The number of hydrogen-bond acceptors (Lipinski definition) is 11. The Labute approximate surface area is 220 Å². The largest absolute Gasteiger partial charge is 0.449 e. The van der Waals surface area contributed by atoms with Gasteiger partial charge in [0, 0.05) is 32.7 Å². The summed E-state index contributed by atoms with van der Waals surface area (Å²) in [4.78, 5) is 41.0. The quantitative estimate of drug-likeness (QED) is 0.334. The lowest BCUT2D eigenvalue weighted by molar-refractivity contribution is -0.137. The van der Waals surface area contributed by atoms with E-state index in [-0.39, 0.29) is 34.8 Å². The second-order valence-electron chi connectivity index (χ2n) is 9.62. The normalized spacial score (nSPS) is 23.9. The number of nitrogens with two attached hydrogens (primary N) is 1. The number of ether oxygens (including phenoxy) is 2. The number of likely N-dealkylation sites (N-methyl/N-ethyl adjacent to an activating group) is 1. The van der Waals surface area contributed by atoms with E-state index in [2.05, 4.69) is 37.0 Å². The third-order valence-corrected chi connectivity index (χ3v) is 6.24. The molecule has 2 aliphatic rings. The van der Waals surface area contributed by atoms with Gasteiger partial charge in [0.1, 0.15) is 17.7 Å². The van der Waals surface area contributed by atoms with Crippen LogP contribution in [0.4, 0.5) is 10.6 Å². The molecule has 2 fully saturated rings. The molecule has 4 heterocycles. The Morgan fingerprint density at radius 3 is 2.66 bits per heavy atom. The van der Waals surface area contributed by atoms with E-state index in [4.69, 9.17) is 15.2 Å². The number of carbonyl (C=O) groups excluding carboxylic acids is 2. The number of aliphatic hydroxyl groups is 2. The first-order valence-corrected chi connectivity index (χ1v) is 12.6. The SMILES string of the molecule is CCNC(=O)[C@H]1O[C@@H](n2cnc3c(N)nc(C#CCN4CCN(C(=O)OCC(C)C)CC4)nc32)[C@@H](O)C1O. The van der Waals surface area contributed by atoms with Gasteiger partial charge in [-0.1, -0.05) is 19.8 Å². The van der Waals surface area contributed by atoms with Crippen LogP contribution in [0.2, 0.25) is 0 Å². The van der Waals surface area contributed by atoms with Gasteiger partial charge in [-0.25, -0.2) is 19.7 Å². The van der Waals surface area contributed by atoms with Crippen LogP contribution in [0.25, 0.3) is 11.2 Å². The van der Waals surface area contributed by atoms with Crippen LogP contribution in [-0.4, -0.2) is 116 Å². The summed E-state index contributed by atoms with van der Waals surface area (Å²) < 4.78 is 12.4. The Morgan fingerprint density at radius 2 is 1.97 bits per heavy atom. The highest BCUT2D eigenvalue weighted by atomic mass is 16.6.